The Balaban J connectivity index is 1.50. The fourth-order valence-corrected chi connectivity index (χ4v) is 4.01. The van der Waals surface area contributed by atoms with Gasteiger partial charge in [-0.3, -0.25) is 14.8 Å². The Morgan fingerprint density at radius 3 is 2.50 bits per heavy atom. The minimum atomic E-state index is -3.98. The van der Waals surface area contributed by atoms with Crippen LogP contribution in [0.25, 0.3) is 22.3 Å². The van der Waals surface area contributed by atoms with Gasteiger partial charge >= 0.3 is 12.2 Å². The summed E-state index contributed by atoms with van der Waals surface area (Å²) in [5.41, 5.74) is 1.66. The van der Waals surface area contributed by atoms with Gasteiger partial charge in [-0.25, -0.2) is 4.98 Å². The predicted octanol–water partition coefficient (Wildman–Crippen LogP) is 3.63. The molecule has 8 nitrogen and oxygen atoms in total. The van der Waals surface area contributed by atoms with Gasteiger partial charge in [0.2, 0.25) is 0 Å². The minimum Gasteiger partial charge on any atom is -0.381 e. The second-order valence-electron chi connectivity index (χ2n) is 7.82. The molecule has 0 aromatic carbocycles. The number of pyridine rings is 2. The summed E-state index contributed by atoms with van der Waals surface area (Å²) in [5, 5.41) is 11.3. The summed E-state index contributed by atoms with van der Waals surface area (Å²) in [4.78, 5) is 9.62. The summed E-state index contributed by atoms with van der Waals surface area (Å²) in [6.45, 7) is -0.675. The first kappa shape index (κ1) is 20.9. The van der Waals surface area contributed by atoms with Crippen molar-refractivity contribution in [1.82, 2.24) is 20.2 Å². The Hall–Kier alpha value is -2.99. The number of H-pyrrole nitrogens is 1. The molecule has 12 heteroatoms. The summed E-state index contributed by atoms with van der Waals surface area (Å²) in [7, 11) is 0. The Labute approximate surface area is 179 Å². The number of hydrogen-bond acceptors (Lipinski definition) is 7. The third-order valence-corrected chi connectivity index (χ3v) is 5.44. The van der Waals surface area contributed by atoms with Gasteiger partial charge in [-0.15, -0.1) is 0 Å². The molecule has 2 N–H and O–H groups in total. The number of hydrogen-bond donors (Lipinski definition) is 2. The molecular formula is C20H20F4N6O2. The molecule has 2 aliphatic rings. The molecule has 5 heterocycles. The molecule has 0 spiro atoms. The van der Waals surface area contributed by atoms with E-state index in [1.54, 1.807) is 12.3 Å². The number of aromatic amines is 1. The SMILES string of the molecule is FC1(F)CN(c2ccnc(-c3n[nH]c4ccnc(NC5CCOCC5)c34)c2)CC(F)(F)O1. The van der Waals surface area contributed by atoms with Crippen LogP contribution in [-0.2, 0) is 9.47 Å². The van der Waals surface area contributed by atoms with Crippen molar-refractivity contribution in [3.8, 4) is 11.4 Å². The maximum atomic E-state index is 13.7. The lowest BCUT2D eigenvalue weighted by Crippen LogP contribution is -2.55. The highest BCUT2D eigenvalue weighted by Gasteiger charge is 2.51. The molecule has 2 saturated heterocycles. The molecule has 0 unspecified atom stereocenters. The van der Waals surface area contributed by atoms with E-state index in [-0.39, 0.29) is 11.7 Å². The zero-order valence-corrected chi connectivity index (χ0v) is 16.8. The molecule has 5 rings (SSSR count). The monoisotopic (exact) mass is 452 g/mol. The van der Waals surface area contributed by atoms with Crippen molar-refractivity contribution in [2.24, 2.45) is 0 Å². The van der Waals surface area contributed by atoms with E-state index in [1.165, 1.54) is 18.3 Å². The number of nitrogens with one attached hydrogen (secondary N) is 2. The molecular weight excluding hydrogens is 432 g/mol. The van der Waals surface area contributed by atoms with Gasteiger partial charge in [-0.2, -0.15) is 22.7 Å². The molecule has 3 aromatic rings. The molecule has 170 valence electrons. The highest BCUT2D eigenvalue weighted by molar-refractivity contribution is 6.00. The summed E-state index contributed by atoms with van der Waals surface area (Å²) < 4.78 is 63.8. The van der Waals surface area contributed by atoms with Gasteiger partial charge in [0.1, 0.15) is 24.6 Å². The van der Waals surface area contributed by atoms with Crippen LogP contribution in [0.15, 0.2) is 30.6 Å². The van der Waals surface area contributed by atoms with E-state index >= 15 is 0 Å². The lowest BCUT2D eigenvalue weighted by atomic mass is 10.1. The maximum Gasteiger partial charge on any atom is 0.377 e. The van der Waals surface area contributed by atoms with E-state index in [4.69, 9.17) is 4.74 Å². The molecule has 2 aliphatic heterocycles. The van der Waals surface area contributed by atoms with Crippen molar-refractivity contribution in [2.75, 3.05) is 36.5 Å². The highest BCUT2D eigenvalue weighted by atomic mass is 19.3. The normalized spacial score (nSPS) is 21.1. The van der Waals surface area contributed by atoms with Gasteiger partial charge in [0.05, 0.1) is 16.6 Å². The smallest absolute Gasteiger partial charge is 0.377 e. The zero-order chi connectivity index (χ0) is 22.3. The molecule has 32 heavy (non-hydrogen) atoms. The zero-order valence-electron chi connectivity index (χ0n) is 16.8. The van der Waals surface area contributed by atoms with Crippen molar-refractivity contribution in [3.05, 3.63) is 30.6 Å². The maximum absolute atomic E-state index is 13.7. The second kappa shape index (κ2) is 7.85. The topological polar surface area (TPSA) is 88.2 Å². The number of alkyl halides is 4. The van der Waals surface area contributed by atoms with Gasteiger partial charge in [0.25, 0.3) is 0 Å². The molecule has 0 amide bonds. The summed E-state index contributed by atoms with van der Waals surface area (Å²) in [6.07, 6.45) is -3.27. The minimum absolute atomic E-state index is 0.164. The highest BCUT2D eigenvalue weighted by Crippen LogP contribution is 2.37. The first-order chi connectivity index (χ1) is 15.3. The molecule has 0 saturated carbocycles. The summed E-state index contributed by atoms with van der Waals surface area (Å²) >= 11 is 0. The largest absolute Gasteiger partial charge is 0.381 e. The Morgan fingerprint density at radius 2 is 1.75 bits per heavy atom. The van der Waals surface area contributed by atoms with Crippen LogP contribution in [0.1, 0.15) is 12.8 Å². The van der Waals surface area contributed by atoms with Gasteiger partial charge in [0, 0.05) is 37.3 Å². The Kier molecular flexibility index (Phi) is 5.13. The third kappa shape index (κ3) is 4.19. The van der Waals surface area contributed by atoms with Gasteiger partial charge in [-0.05, 0) is 31.0 Å². The van der Waals surface area contributed by atoms with E-state index in [1.807, 2.05) is 0 Å². The van der Waals surface area contributed by atoms with Gasteiger partial charge in [0.15, 0.2) is 0 Å². The van der Waals surface area contributed by atoms with Crippen LogP contribution < -0.4 is 10.2 Å². The number of anilines is 2. The number of aromatic nitrogens is 4. The Bertz CT molecular complexity index is 1100. The number of halogens is 4. The number of fused-ring (bicyclic) bond motifs is 1. The second-order valence-corrected chi connectivity index (χ2v) is 7.82. The van der Waals surface area contributed by atoms with Crippen molar-refractivity contribution in [1.29, 1.82) is 0 Å². The van der Waals surface area contributed by atoms with Gasteiger partial charge < -0.3 is 15.0 Å². The summed E-state index contributed by atoms with van der Waals surface area (Å²) in [6, 6.07) is 4.79. The third-order valence-electron chi connectivity index (χ3n) is 5.44. The molecule has 0 radical (unpaired) electrons. The van der Waals surface area contributed by atoms with Crippen molar-refractivity contribution >= 4 is 22.4 Å². The van der Waals surface area contributed by atoms with E-state index < -0.39 is 25.3 Å². The molecule has 3 aromatic heterocycles. The van der Waals surface area contributed by atoms with Crippen LogP contribution in [0.5, 0.6) is 0 Å². The van der Waals surface area contributed by atoms with Crippen molar-refractivity contribution < 1.29 is 27.0 Å². The molecule has 0 atom stereocenters. The van der Waals surface area contributed by atoms with Crippen LogP contribution in [0.2, 0.25) is 0 Å². The van der Waals surface area contributed by atoms with E-state index in [0.29, 0.717) is 41.3 Å². The first-order valence-corrected chi connectivity index (χ1v) is 10.1. The van der Waals surface area contributed by atoms with Crippen LogP contribution in [0.3, 0.4) is 0 Å². The average molecular weight is 452 g/mol. The molecule has 0 aliphatic carbocycles. The van der Waals surface area contributed by atoms with Crippen molar-refractivity contribution in [3.63, 3.8) is 0 Å². The molecule has 2 fully saturated rings. The van der Waals surface area contributed by atoms with Crippen LogP contribution >= 0.6 is 0 Å². The fraction of sp³-hybridized carbons (Fsp3) is 0.450. The van der Waals surface area contributed by atoms with Crippen LogP contribution in [0.4, 0.5) is 29.1 Å². The lowest BCUT2D eigenvalue weighted by molar-refractivity contribution is -0.380. The number of rotatable bonds is 4. The fourth-order valence-electron chi connectivity index (χ4n) is 4.01. The lowest BCUT2D eigenvalue weighted by Gasteiger charge is -2.38. The summed E-state index contributed by atoms with van der Waals surface area (Å²) in [5.74, 6) is 0.606. The number of nitrogens with zero attached hydrogens (tertiary/aromatic N) is 4. The van der Waals surface area contributed by atoms with E-state index in [0.717, 1.165) is 17.7 Å². The standard InChI is InChI=1S/C20H20F4N6O2/c21-19(22)10-30(11-20(23,24)32-19)13-1-5-25-15(9-13)17-16-14(28-29-17)2-6-26-18(16)27-12-3-7-31-8-4-12/h1-2,5-6,9,12H,3-4,7-8,10-11H2,(H,26,27)(H,28,29). The van der Waals surface area contributed by atoms with E-state index in [2.05, 4.69) is 30.2 Å². The van der Waals surface area contributed by atoms with Crippen LogP contribution in [-0.4, -0.2) is 64.7 Å². The number of morpholine rings is 1. The van der Waals surface area contributed by atoms with E-state index in [9.17, 15) is 17.6 Å². The Morgan fingerprint density at radius 1 is 1.03 bits per heavy atom. The average Bonchev–Trinajstić information content (AvgIpc) is 3.18. The number of ether oxygens (including phenoxy) is 2. The first-order valence-electron chi connectivity index (χ1n) is 10.1. The quantitative estimate of drug-likeness (QED) is 0.585. The van der Waals surface area contributed by atoms with Crippen molar-refractivity contribution in [2.45, 2.75) is 31.1 Å². The molecule has 0 bridgehead atoms. The van der Waals surface area contributed by atoms with Gasteiger partial charge in [-0.1, -0.05) is 0 Å². The predicted molar refractivity (Wildman–Crippen MR) is 108 cm³/mol. The van der Waals surface area contributed by atoms with Crippen LogP contribution in [0, 0.1) is 0 Å².